The standard InChI is InChI=1S/C12H14F2IN6OP/c1-17-9-18-10(20-11(19-9)22-6-12(13,14)23)21(15)8-4-2-3-7(16)5-8/h2-5H,6,16,23H2,1H3,(H,17,18,19,20). The highest BCUT2D eigenvalue weighted by Crippen LogP contribution is 2.29. The zero-order valence-electron chi connectivity index (χ0n) is 12.0. The van der Waals surface area contributed by atoms with E-state index in [1.807, 2.05) is 28.9 Å². The Balaban J connectivity index is 2.30. The van der Waals surface area contributed by atoms with Gasteiger partial charge in [0, 0.05) is 12.7 Å². The fraction of sp³-hybridized carbons (Fsp3) is 0.250. The van der Waals surface area contributed by atoms with Gasteiger partial charge < -0.3 is 15.8 Å². The van der Waals surface area contributed by atoms with Gasteiger partial charge in [0.2, 0.25) is 11.9 Å². The van der Waals surface area contributed by atoms with Crippen molar-refractivity contribution in [1.29, 1.82) is 0 Å². The van der Waals surface area contributed by atoms with Gasteiger partial charge in [0.15, 0.2) is 6.61 Å². The van der Waals surface area contributed by atoms with Crippen molar-refractivity contribution in [1.82, 2.24) is 15.0 Å². The number of nitrogen functional groups attached to an aromatic ring is 1. The average Bonchev–Trinajstić information content (AvgIpc) is 2.51. The molecule has 23 heavy (non-hydrogen) atoms. The molecule has 1 heterocycles. The zero-order valence-corrected chi connectivity index (χ0v) is 15.3. The Bertz CT molecular complexity index is 687. The van der Waals surface area contributed by atoms with Gasteiger partial charge in [0.05, 0.1) is 28.6 Å². The summed E-state index contributed by atoms with van der Waals surface area (Å²) in [6.45, 7) is -0.857. The van der Waals surface area contributed by atoms with E-state index in [0.29, 0.717) is 5.69 Å². The highest BCUT2D eigenvalue weighted by Gasteiger charge is 2.24. The third kappa shape index (κ3) is 5.24. The number of hydrogen-bond donors (Lipinski definition) is 2. The molecule has 1 unspecified atom stereocenters. The molecule has 1 atom stereocenters. The van der Waals surface area contributed by atoms with E-state index >= 15 is 0 Å². The number of nitrogens with two attached hydrogens (primary N) is 1. The lowest BCUT2D eigenvalue weighted by molar-refractivity contribution is 0.0422. The first kappa shape index (κ1) is 17.8. The van der Waals surface area contributed by atoms with E-state index in [4.69, 9.17) is 10.5 Å². The predicted molar refractivity (Wildman–Crippen MR) is 96.5 cm³/mol. The van der Waals surface area contributed by atoms with E-state index in [1.165, 1.54) is 9.24 Å². The predicted octanol–water partition coefficient (Wildman–Crippen LogP) is 2.83. The zero-order chi connectivity index (χ0) is 17.0. The van der Waals surface area contributed by atoms with E-state index in [2.05, 4.69) is 20.3 Å². The summed E-state index contributed by atoms with van der Waals surface area (Å²) in [4.78, 5) is 12.1. The van der Waals surface area contributed by atoms with E-state index in [9.17, 15) is 8.78 Å². The Hall–Kier alpha value is -1.55. The number of hydrogen-bond acceptors (Lipinski definition) is 7. The molecule has 124 valence electrons. The number of ether oxygens (including phenoxy) is 1. The van der Waals surface area contributed by atoms with Crippen molar-refractivity contribution in [3.63, 3.8) is 0 Å². The Morgan fingerprint density at radius 3 is 2.74 bits per heavy atom. The smallest absolute Gasteiger partial charge is 0.323 e. The minimum Gasteiger partial charge on any atom is -0.456 e. The minimum atomic E-state index is -3.06. The van der Waals surface area contributed by atoms with Gasteiger partial charge in [0.1, 0.15) is 0 Å². The fourth-order valence-electron chi connectivity index (χ4n) is 1.53. The van der Waals surface area contributed by atoms with Gasteiger partial charge in [-0.05, 0) is 18.2 Å². The molecule has 0 aliphatic heterocycles. The van der Waals surface area contributed by atoms with Crippen LogP contribution in [0.4, 0.5) is 32.1 Å². The molecule has 1 aromatic carbocycles. The molecule has 0 saturated carbocycles. The number of benzene rings is 1. The third-order valence-electron chi connectivity index (χ3n) is 2.49. The Kier molecular flexibility index (Phi) is 5.69. The number of aromatic nitrogens is 3. The molecule has 2 aromatic rings. The van der Waals surface area contributed by atoms with Crippen molar-refractivity contribution < 1.29 is 13.5 Å². The van der Waals surface area contributed by atoms with Crippen molar-refractivity contribution in [3.8, 4) is 6.01 Å². The number of rotatable bonds is 6. The van der Waals surface area contributed by atoms with Gasteiger partial charge in [-0.15, -0.1) is 0 Å². The summed E-state index contributed by atoms with van der Waals surface area (Å²) in [5.41, 5.74) is 3.98. The van der Waals surface area contributed by atoms with Crippen molar-refractivity contribution >= 4 is 55.4 Å². The Labute approximate surface area is 147 Å². The summed E-state index contributed by atoms with van der Waals surface area (Å²) in [5, 5.41) is 2.73. The molecule has 0 fully saturated rings. The average molecular weight is 454 g/mol. The summed E-state index contributed by atoms with van der Waals surface area (Å²) >= 11 is 1.97. The van der Waals surface area contributed by atoms with Crippen LogP contribution in [0, 0.1) is 0 Å². The largest absolute Gasteiger partial charge is 0.456 e. The second-order valence-electron chi connectivity index (χ2n) is 4.42. The van der Waals surface area contributed by atoms with E-state index in [0.717, 1.165) is 5.69 Å². The molecule has 11 heteroatoms. The van der Waals surface area contributed by atoms with Crippen LogP contribution in [0.5, 0.6) is 6.01 Å². The molecule has 2 rings (SSSR count). The van der Waals surface area contributed by atoms with Gasteiger partial charge in [0.25, 0.3) is 5.66 Å². The molecule has 0 bridgehead atoms. The van der Waals surface area contributed by atoms with Gasteiger partial charge in [-0.3, -0.25) is 3.11 Å². The first-order valence-corrected chi connectivity index (χ1v) is 7.87. The number of halogens is 3. The monoisotopic (exact) mass is 454 g/mol. The number of alkyl halides is 2. The van der Waals surface area contributed by atoms with Crippen LogP contribution in [0.1, 0.15) is 0 Å². The van der Waals surface area contributed by atoms with E-state index in [-0.39, 0.29) is 17.9 Å². The second kappa shape index (κ2) is 7.35. The van der Waals surface area contributed by atoms with Gasteiger partial charge >= 0.3 is 6.01 Å². The lowest BCUT2D eigenvalue weighted by Gasteiger charge is -2.17. The van der Waals surface area contributed by atoms with E-state index in [1.54, 1.807) is 28.4 Å². The second-order valence-corrected chi connectivity index (χ2v) is 6.23. The molecular weight excluding hydrogens is 440 g/mol. The number of nitrogens with zero attached hydrogens (tertiary/aromatic N) is 4. The number of nitrogens with one attached hydrogen (secondary N) is 1. The van der Waals surface area contributed by atoms with Crippen LogP contribution in [-0.2, 0) is 0 Å². The maximum atomic E-state index is 12.9. The van der Waals surface area contributed by atoms with Crippen LogP contribution in [0.15, 0.2) is 24.3 Å². The van der Waals surface area contributed by atoms with Gasteiger partial charge in [-0.2, -0.15) is 23.7 Å². The van der Waals surface area contributed by atoms with E-state index < -0.39 is 12.3 Å². The molecule has 7 nitrogen and oxygen atoms in total. The summed E-state index contributed by atoms with van der Waals surface area (Å²) in [7, 11) is 3.00. The lowest BCUT2D eigenvalue weighted by Crippen LogP contribution is -2.19. The molecule has 0 aliphatic carbocycles. The normalized spacial score (nSPS) is 11.2. The van der Waals surface area contributed by atoms with Crippen LogP contribution in [0.3, 0.4) is 0 Å². The van der Waals surface area contributed by atoms with Gasteiger partial charge in [-0.1, -0.05) is 15.3 Å². The van der Waals surface area contributed by atoms with Crippen LogP contribution in [0.25, 0.3) is 0 Å². The van der Waals surface area contributed by atoms with Crippen LogP contribution >= 0.6 is 32.1 Å². The Morgan fingerprint density at radius 1 is 1.39 bits per heavy atom. The maximum Gasteiger partial charge on any atom is 0.323 e. The molecule has 1 aromatic heterocycles. The minimum absolute atomic E-state index is 0.197. The van der Waals surface area contributed by atoms with Crippen LogP contribution in [0.2, 0.25) is 0 Å². The van der Waals surface area contributed by atoms with Crippen LogP contribution in [-0.4, -0.2) is 34.3 Å². The highest BCUT2D eigenvalue weighted by molar-refractivity contribution is 14.1. The maximum absolute atomic E-state index is 12.9. The summed E-state index contributed by atoms with van der Waals surface area (Å²) in [6.07, 6.45) is 0. The molecule has 0 amide bonds. The summed E-state index contributed by atoms with van der Waals surface area (Å²) in [5.74, 6) is 0.417. The molecular formula is C12H14F2IN6OP. The summed E-state index contributed by atoms with van der Waals surface area (Å²) < 4.78 is 32.3. The van der Waals surface area contributed by atoms with Crippen molar-refractivity contribution in [3.05, 3.63) is 24.3 Å². The van der Waals surface area contributed by atoms with Gasteiger partial charge in [-0.25, -0.2) is 0 Å². The van der Waals surface area contributed by atoms with Crippen molar-refractivity contribution in [2.45, 2.75) is 5.66 Å². The SMILES string of the molecule is CNc1nc(OCC(F)(F)P)nc(N(I)c2cccc(N)c2)n1. The quantitative estimate of drug-likeness (QED) is 0.301. The fourth-order valence-corrected chi connectivity index (χ4v) is 2.13. The Morgan fingerprint density at radius 2 is 2.13 bits per heavy atom. The van der Waals surface area contributed by atoms with Crippen molar-refractivity contribution in [2.24, 2.45) is 0 Å². The third-order valence-corrected chi connectivity index (χ3v) is 3.65. The molecule has 0 spiro atoms. The first-order chi connectivity index (χ1) is 10.8. The van der Waals surface area contributed by atoms with Crippen LogP contribution < -0.4 is 18.9 Å². The number of anilines is 4. The lowest BCUT2D eigenvalue weighted by atomic mass is 10.3. The topological polar surface area (TPSA) is 89.2 Å². The molecule has 3 N–H and O–H groups in total. The molecule has 0 radical (unpaired) electrons. The first-order valence-electron chi connectivity index (χ1n) is 6.33. The summed E-state index contributed by atoms with van der Waals surface area (Å²) in [6, 6.07) is 6.86. The highest BCUT2D eigenvalue weighted by atomic mass is 127. The van der Waals surface area contributed by atoms with Crippen molar-refractivity contribution in [2.75, 3.05) is 27.8 Å². The molecule has 0 aliphatic rings. The molecule has 0 saturated heterocycles.